The minimum absolute atomic E-state index is 0.208. The average Bonchev–Trinajstić information content (AvgIpc) is 3.08. The molecule has 0 radical (unpaired) electrons. The van der Waals surface area contributed by atoms with Gasteiger partial charge in [-0.25, -0.2) is 13.2 Å². The van der Waals surface area contributed by atoms with Crippen LogP contribution < -0.4 is 10.6 Å². The van der Waals surface area contributed by atoms with Crippen molar-refractivity contribution >= 4 is 27.5 Å². The lowest BCUT2D eigenvalue weighted by Crippen LogP contribution is -2.44. The molecule has 1 aromatic carbocycles. The summed E-state index contributed by atoms with van der Waals surface area (Å²) in [5.74, 6) is -0.462. The van der Waals surface area contributed by atoms with Gasteiger partial charge in [-0.1, -0.05) is 18.9 Å². The second kappa shape index (κ2) is 8.29. The number of benzene rings is 1. The van der Waals surface area contributed by atoms with Gasteiger partial charge in [0, 0.05) is 5.69 Å². The molecule has 0 bridgehead atoms. The van der Waals surface area contributed by atoms with Crippen LogP contribution in [-0.2, 0) is 19.4 Å². The summed E-state index contributed by atoms with van der Waals surface area (Å²) in [5.41, 5.74) is -0.291. The van der Waals surface area contributed by atoms with E-state index >= 15 is 0 Å². The van der Waals surface area contributed by atoms with Gasteiger partial charge < -0.3 is 15.4 Å². The molecule has 7 nitrogen and oxygen atoms in total. The molecule has 0 aliphatic heterocycles. The number of rotatable bonds is 5. The van der Waals surface area contributed by atoms with E-state index in [-0.39, 0.29) is 10.1 Å². The van der Waals surface area contributed by atoms with Gasteiger partial charge in [-0.2, -0.15) is 0 Å². The first-order valence-corrected chi connectivity index (χ1v) is 10.7. The van der Waals surface area contributed by atoms with E-state index in [1.54, 1.807) is 39.0 Å². The Balaban J connectivity index is 2.03. The fraction of sp³-hybridized carbons (Fsp3) is 0.579. The first kappa shape index (κ1) is 21.2. The summed E-state index contributed by atoms with van der Waals surface area (Å²) >= 11 is 0. The number of sulfone groups is 1. The van der Waals surface area contributed by atoms with E-state index in [1.807, 2.05) is 0 Å². The van der Waals surface area contributed by atoms with E-state index in [0.717, 1.165) is 12.8 Å². The van der Waals surface area contributed by atoms with Crippen LogP contribution in [0.3, 0.4) is 0 Å². The van der Waals surface area contributed by atoms with Gasteiger partial charge in [0.2, 0.25) is 5.91 Å². The molecule has 150 valence electrons. The predicted octanol–water partition coefficient (Wildman–Crippen LogP) is 3.25. The summed E-state index contributed by atoms with van der Waals surface area (Å²) in [5, 5.41) is 4.74. The molecule has 2 rings (SSSR count). The van der Waals surface area contributed by atoms with Gasteiger partial charge in [0.15, 0.2) is 9.84 Å². The normalized spacial score (nSPS) is 16.6. The molecule has 2 amide bonds. The molecule has 1 aromatic rings. The fourth-order valence-corrected chi connectivity index (χ4v) is 4.84. The SMILES string of the molecule is C[C@@H](NC(=O)OC(C)(C)C)C(=O)Nc1cccc(S(=O)(=O)C2CCCC2)c1. The van der Waals surface area contributed by atoms with Crippen LogP contribution in [0.1, 0.15) is 53.4 Å². The van der Waals surface area contributed by atoms with Crippen molar-refractivity contribution in [3.05, 3.63) is 24.3 Å². The Morgan fingerprint density at radius 2 is 1.81 bits per heavy atom. The van der Waals surface area contributed by atoms with E-state index in [2.05, 4.69) is 10.6 Å². The fourth-order valence-electron chi connectivity index (χ4n) is 2.94. The van der Waals surface area contributed by atoms with Gasteiger partial charge in [0.1, 0.15) is 11.6 Å². The maximum Gasteiger partial charge on any atom is 0.408 e. The molecule has 1 saturated carbocycles. The Labute approximate surface area is 160 Å². The number of alkyl carbamates (subject to hydrolysis) is 1. The summed E-state index contributed by atoms with van der Waals surface area (Å²) < 4.78 is 30.5. The van der Waals surface area contributed by atoms with E-state index < -0.39 is 33.5 Å². The lowest BCUT2D eigenvalue weighted by atomic mass is 10.2. The highest BCUT2D eigenvalue weighted by Crippen LogP contribution is 2.30. The van der Waals surface area contributed by atoms with E-state index in [1.165, 1.54) is 13.0 Å². The molecular weight excluding hydrogens is 368 g/mol. The van der Waals surface area contributed by atoms with Gasteiger partial charge in [-0.3, -0.25) is 4.79 Å². The number of anilines is 1. The Kier molecular flexibility index (Phi) is 6.51. The quantitative estimate of drug-likeness (QED) is 0.795. The predicted molar refractivity (Wildman–Crippen MR) is 103 cm³/mol. The maximum absolute atomic E-state index is 12.7. The maximum atomic E-state index is 12.7. The Bertz CT molecular complexity index is 793. The lowest BCUT2D eigenvalue weighted by Gasteiger charge is -2.21. The van der Waals surface area contributed by atoms with Gasteiger partial charge in [0.05, 0.1) is 10.1 Å². The van der Waals surface area contributed by atoms with Crippen molar-refractivity contribution in [2.75, 3.05) is 5.32 Å². The van der Waals surface area contributed by atoms with Crippen LogP contribution in [0.5, 0.6) is 0 Å². The van der Waals surface area contributed by atoms with Crippen molar-refractivity contribution in [2.24, 2.45) is 0 Å². The molecule has 1 fully saturated rings. The molecule has 27 heavy (non-hydrogen) atoms. The standard InChI is InChI=1S/C19H28N2O5S/c1-13(20-18(23)26-19(2,3)4)17(22)21-14-8-7-11-16(12-14)27(24,25)15-9-5-6-10-15/h7-8,11-13,15H,5-6,9-10H2,1-4H3,(H,20,23)(H,21,22)/t13-/m1/s1. The molecule has 2 N–H and O–H groups in total. The van der Waals surface area contributed by atoms with Crippen molar-refractivity contribution in [3.63, 3.8) is 0 Å². The molecule has 1 atom stereocenters. The molecule has 1 aliphatic carbocycles. The van der Waals surface area contributed by atoms with Crippen LogP contribution in [0, 0.1) is 0 Å². The molecule has 0 spiro atoms. The zero-order valence-corrected chi connectivity index (χ0v) is 17.1. The third kappa shape index (κ3) is 5.95. The Morgan fingerprint density at radius 1 is 1.19 bits per heavy atom. The molecule has 8 heteroatoms. The van der Waals surface area contributed by atoms with E-state index in [4.69, 9.17) is 4.74 Å². The van der Waals surface area contributed by atoms with Crippen molar-refractivity contribution in [3.8, 4) is 0 Å². The largest absolute Gasteiger partial charge is 0.444 e. The highest BCUT2D eigenvalue weighted by molar-refractivity contribution is 7.92. The van der Waals surface area contributed by atoms with Crippen LogP contribution in [0.4, 0.5) is 10.5 Å². The third-order valence-electron chi connectivity index (χ3n) is 4.30. The second-order valence-electron chi connectivity index (χ2n) is 7.84. The molecule has 0 saturated heterocycles. The number of hydrogen-bond donors (Lipinski definition) is 2. The number of amides is 2. The van der Waals surface area contributed by atoms with Crippen molar-refractivity contribution < 1.29 is 22.7 Å². The first-order valence-electron chi connectivity index (χ1n) is 9.13. The van der Waals surface area contributed by atoms with Crippen LogP contribution in [0.2, 0.25) is 0 Å². The summed E-state index contributed by atoms with van der Waals surface area (Å²) in [6, 6.07) is 5.39. The van der Waals surface area contributed by atoms with Crippen LogP contribution >= 0.6 is 0 Å². The molecule has 1 aliphatic rings. The van der Waals surface area contributed by atoms with Crippen molar-refractivity contribution in [1.29, 1.82) is 0 Å². The average molecular weight is 397 g/mol. The second-order valence-corrected chi connectivity index (χ2v) is 10.1. The van der Waals surface area contributed by atoms with Crippen molar-refractivity contribution in [2.45, 2.75) is 75.2 Å². The summed E-state index contributed by atoms with van der Waals surface area (Å²) in [7, 11) is -3.40. The zero-order chi connectivity index (χ0) is 20.2. The molecular formula is C19H28N2O5S. The summed E-state index contributed by atoms with van der Waals surface area (Å²) in [6.45, 7) is 6.72. The van der Waals surface area contributed by atoms with Crippen LogP contribution in [0.15, 0.2) is 29.2 Å². The van der Waals surface area contributed by atoms with Gasteiger partial charge in [0.25, 0.3) is 0 Å². The monoisotopic (exact) mass is 396 g/mol. The lowest BCUT2D eigenvalue weighted by molar-refractivity contribution is -0.117. The number of carbonyl (C=O) groups is 2. The molecule has 0 heterocycles. The summed E-state index contributed by atoms with van der Waals surface area (Å²) in [6.07, 6.45) is 2.51. The van der Waals surface area contributed by atoms with Crippen molar-refractivity contribution in [1.82, 2.24) is 5.32 Å². The van der Waals surface area contributed by atoms with E-state index in [9.17, 15) is 18.0 Å². The van der Waals surface area contributed by atoms with Gasteiger partial charge in [-0.05, 0) is 58.7 Å². The van der Waals surface area contributed by atoms with E-state index in [0.29, 0.717) is 18.5 Å². The van der Waals surface area contributed by atoms with Crippen LogP contribution in [0.25, 0.3) is 0 Å². The highest BCUT2D eigenvalue weighted by Gasteiger charge is 2.30. The summed E-state index contributed by atoms with van der Waals surface area (Å²) in [4.78, 5) is 24.3. The smallest absolute Gasteiger partial charge is 0.408 e. The van der Waals surface area contributed by atoms with Crippen LogP contribution in [-0.4, -0.2) is 37.3 Å². The highest BCUT2D eigenvalue weighted by atomic mass is 32.2. The Morgan fingerprint density at radius 3 is 2.41 bits per heavy atom. The van der Waals surface area contributed by atoms with Gasteiger partial charge in [-0.15, -0.1) is 0 Å². The first-order chi connectivity index (χ1) is 12.5. The molecule has 0 aromatic heterocycles. The topological polar surface area (TPSA) is 102 Å². The minimum atomic E-state index is -3.40. The number of carbonyl (C=O) groups excluding carboxylic acids is 2. The van der Waals surface area contributed by atoms with Gasteiger partial charge >= 0.3 is 6.09 Å². The number of hydrogen-bond acceptors (Lipinski definition) is 5. The molecule has 0 unspecified atom stereocenters. The zero-order valence-electron chi connectivity index (χ0n) is 16.2. The number of ether oxygens (including phenoxy) is 1. The third-order valence-corrected chi connectivity index (χ3v) is 6.56. The minimum Gasteiger partial charge on any atom is -0.444 e. The number of nitrogens with one attached hydrogen (secondary N) is 2. The Hall–Kier alpha value is -2.09.